The van der Waals surface area contributed by atoms with Crippen LogP contribution in [0.4, 0.5) is 0 Å². The number of nitriles is 1. The van der Waals surface area contributed by atoms with Crippen LogP contribution in [0.1, 0.15) is 31.2 Å². The van der Waals surface area contributed by atoms with Gasteiger partial charge >= 0.3 is 0 Å². The molecule has 0 saturated heterocycles. The monoisotopic (exact) mass is 215 g/mol. The van der Waals surface area contributed by atoms with Gasteiger partial charge in [0.2, 0.25) is 0 Å². The fraction of sp³-hybridized carbons (Fsp3) is 0.357. The quantitative estimate of drug-likeness (QED) is 0.513. The van der Waals surface area contributed by atoms with Crippen molar-refractivity contribution in [2.75, 3.05) is 6.61 Å². The number of hydrogen-bond donors (Lipinski definition) is 0. The molecule has 0 radical (unpaired) electrons. The SMILES string of the molecule is C=CCCCCCOc1ccccc1C#N. The van der Waals surface area contributed by atoms with E-state index in [4.69, 9.17) is 10.00 Å². The molecule has 1 rings (SSSR count). The molecule has 0 bridgehead atoms. The second-order valence-corrected chi connectivity index (χ2v) is 3.59. The fourth-order valence-electron chi connectivity index (χ4n) is 1.43. The highest BCUT2D eigenvalue weighted by Gasteiger charge is 2.00. The van der Waals surface area contributed by atoms with Crippen LogP contribution in [0, 0.1) is 11.3 Å². The molecule has 0 aliphatic rings. The molecule has 0 atom stereocenters. The molecule has 1 aromatic carbocycles. The summed E-state index contributed by atoms with van der Waals surface area (Å²) < 4.78 is 5.56. The maximum atomic E-state index is 8.85. The van der Waals surface area contributed by atoms with Crippen molar-refractivity contribution < 1.29 is 4.74 Å². The zero-order valence-corrected chi connectivity index (χ0v) is 9.48. The number of benzene rings is 1. The van der Waals surface area contributed by atoms with Crippen LogP contribution in [0.3, 0.4) is 0 Å². The molecule has 0 N–H and O–H groups in total. The van der Waals surface area contributed by atoms with Crippen LogP contribution in [0.2, 0.25) is 0 Å². The van der Waals surface area contributed by atoms with Crippen LogP contribution in [0.25, 0.3) is 0 Å². The maximum absolute atomic E-state index is 8.85. The number of ether oxygens (including phenoxy) is 1. The molecule has 0 amide bonds. The van der Waals surface area contributed by atoms with Crippen molar-refractivity contribution in [2.24, 2.45) is 0 Å². The predicted molar refractivity (Wildman–Crippen MR) is 65.3 cm³/mol. The first-order chi connectivity index (χ1) is 7.88. The van der Waals surface area contributed by atoms with E-state index in [2.05, 4.69) is 12.6 Å². The summed E-state index contributed by atoms with van der Waals surface area (Å²) in [6, 6.07) is 9.45. The second-order valence-electron chi connectivity index (χ2n) is 3.59. The van der Waals surface area contributed by atoms with Crippen molar-refractivity contribution >= 4 is 0 Å². The van der Waals surface area contributed by atoms with Gasteiger partial charge in [-0.05, 0) is 37.8 Å². The van der Waals surface area contributed by atoms with E-state index in [1.54, 1.807) is 6.07 Å². The number of unbranched alkanes of at least 4 members (excludes halogenated alkanes) is 3. The van der Waals surface area contributed by atoms with E-state index in [9.17, 15) is 0 Å². The molecule has 0 aliphatic carbocycles. The Bertz CT molecular complexity index is 365. The van der Waals surface area contributed by atoms with Crippen molar-refractivity contribution in [3.63, 3.8) is 0 Å². The number of nitrogens with zero attached hydrogens (tertiary/aromatic N) is 1. The lowest BCUT2D eigenvalue weighted by Gasteiger charge is -2.06. The van der Waals surface area contributed by atoms with E-state index in [1.165, 1.54) is 0 Å². The topological polar surface area (TPSA) is 33.0 Å². The van der Waals surface area contributed by atoms with Crippen molar-refractivity contribution in [1.82, 2.24) is 0 Å². The molecule has 2 nitrogen and oxygen atoms in total. The Morgan fingerprint density at radius 2 is 2.06 bits per heavy atom. The van der Waals surface area contributed by atoms with Crippen molar-refractivity contribution in [2.45, 2.75) is 25.7 Å². The first-order valence-electron chi connectivity index (χ1n) is 5.61. The summed E-state index contributed by atoms with van der Waals surface area (Å²) in [5, 5.41) is 8.85. The Kier molecular flexibility index (Phi) is 5.80. The molecule has 0 fully saturated rings. The van der Waals surface area contributed by atoms with Gasteiger partial charge in [-0.1, -0.05) is 18.2 Å². The van der Waals surface area contributed by atoms with Crippen molar-refractivity contribution in [1.29, 1.82) is 5.26 Å². The molecule has 0 aliphatic heterocycles. The fourth-order valence-corrected chi connectivity index (χ4v) is 1.43. The van der Waals surface area contributed by atoms with Crippen LogP contribution < -0.4 is 4.74 Å². The van der Waals surface area contributed by atoms with Crippen LogP contribution in [0.15, 0.2) is 36.9 Å². The van der Waals surface area contributed by atoms with Gasteiger partial charge in [-0.3, -0.25) is 0 Å². The van der Waals surface area contributed by atoms with Gasteiger partial charge in [-0.2, -0.15) is 5.26 Å². The van der Waals surface area contributed by atoms with Crippen LogP contribution >= 0.6 is 0 Å². The molecular formula is C14H17NO. The van der Waals surface area contributed by atoms with Gasteiger partial charge in [-0.25, -0.2) is 0 Å². The maximum Gasteiger partial charge on any atom is 0.137 e. The van der Waals surface area contributed by atoms with Gasteiger partial charge in [-0.15, -0.1) is 6.58 Å². The minimum atomic E-state index is 0.605. The number of allylic oxidation sites excluding steroid dienone is 1. The first kappa shape index (κ1) is 12.3. The smallest absolute Gasteiger partial charge is 0.137 e. The van der Waals surface area contributed by atoms with E-state index < -0.39 is 0 Å². The Balaban J connectivity index is 2.27. The molecule has 84 valence electrons. The Morgan fingerprint density at radius 3 is 2.81 bits per heavy atom. The number of rotatable bonds is 7. The second kappa shape index (κ2) is 7.53. The third kappa shape index (κ3) is 4.18. The van der Waals surface area contributed by atoms with Gasteiger partial charge in [0.25, 0.3) is 0 Å². The molecular weight excluding hydrogens is 198 g/mol. The zero-order chi connectivity index (χ0) is 11.6. The minimum Gasteiger partial charge on any atom is -0.492 e. The van der Waals surface area contributed by atoms with E-state index in [0.29, 0.717) is 17.9 Å². The van der Waals surface area contributed by atoms with E-state index in [0.717, 1.165) is 25.7 Å². The lowest BCUT2D eigenvalue weighted by molar-refractivity contribution is 0.304. The Labute approximate surface area is 97.2 Å². The highest BCUT2D eigenvalue weighted by molar-refractivity contribution is 5.42. The zero-order valence-electron chi connectivity index (χ0n) is 9.48. The van der Waals surface area contributed by atoms with Crippen LogP contribution in [0.5, 0.6) is 5.75 Å². The number of para-hydroxylation sites is 1. The standard InChI is InChI=1S/C14H17NO/c1-2-3-4-5-8-11-16-14-10-7-6-9-13(14)12-15/h2,6-7,9-10H,1,3-5,8,11H2. The van der Waals surface area contributed by atoms with Gasteiger partial charge in [0, 0.05) is 0 Å². The molecule has 0 saturated carbocycles. The number of hydrogen-bond acceptors (Lipinski definition) is 2. The summed E-state index contributed by atoms with van der Waals surface area (Å²) in [5.74, 6) is 0.689. The predicted octanol–water partition coefficient (Wildman–Crippen LogP) is 3.68. The van der Waals surface area contributed by atoms with E-state index in [-0.39, 0.29) is 0 Å². The summed E-state index contributed by atoms with van der Waals surface area (Å²) in [5.41, 5.74) is 0.605. The molecule has 2 heteroatoms. The van der Waals surface area contributed by atoms with Gasteiger partial charge in [0.05, 0.1) is 12.2 Å². The van der Waals surface area contributed by atoms with Crippen molar-refractivity contribution in [3.8, 4) is 11.8 Å². The Hall–Kier alpha value is -1.75. The van der Waals surface area contributed by atoms with E-state index >= 15 is 0 Å². The van der Waals surface area contributed by atoms with Gasteiger partial charge < -0.3 is 4.74 Å². The minimum absolute atomic E-state index is 0.605. The normalized spacial score (nSPS) is 9.44. The highest BCUT2D eigenvalue weighted by atomic mass is 16.5. The molecule has 0 spiro atoms. The average Bonchev–Trinajstić information content (AvgIpc) is 2.34. The van der Waals surface area contributed by atoms with Gasteiger partial charge in [0.15, 0.2) is 0 Å². The average molecular weight is 215 g/mol. The molecule has 1 aromatic rings. The summed E-state index contributed by atoms with van der Waals surface area (Å²) >= 11 is 0. The lowest BCUT2D eigenvalue weighted by Crippen LogP contribution is -1.98. The van der Waals surface area contributed by atoms with Crippen LogP contribution in [-0.2, 0) is 0 Å². The molecule has 16 heavy (non-hydrogen) atoms. The summed E-state index contributed by atoms with van der Waals surface area (Å²) in [4.78, 5) is 0. The summed E-state index contributed by atoms with van der Waals surface area (Å²) in [6.45, 7) is 4.36. The van der Waals surface area contributed by atoms with Gasteiger partial charge in [0.1, 0.15) is 11.8 Å². The Morgan fingerprint density at radius 1 is 1.25 bits per heavy atom. The summed E-state index contributed by atoms with van der Waals surface area (Å²) in [6.07, 6.45) is 6.32. The largest absolute Gasteiger partial charge is 0.492 e. The molecule has 0 heterocycles. The third-order valence-corrected chi connectivity index (χ3v) is 2.32. The summed E-state index contributed by atoms with van der Waals surface area (Å²) in [7, 11) is 0. The van der Waals surface area contributed by atoms with Crippen molar-refractivity contribution in [3.05, 3.63) is 42.5 Å². The van der Waals surface area contributed by atoms with E-state index in [1.807, 2.05) is 24.3 Å². The molecule has 0 aromatic heterocycles. The first-order valence-corrected chi connectivity index (χ1v) is 5.61. The highest BCUT2D eigenvalue weighted by Crippen LogP contribution is 2.16. The third-order valence-electron chi connectivity index (χ3n) is 2.32. The lowest BCUT2D eigenvalue weighted by atomic mass is 10.2. The molecule has 0 unspecified atom stereocenters. The van der Waals surface area contributed by atoms with Crippen LogP contribution in [-0.4, -0.2) is 6.61 Å².